The molecule has 1 fully saturated rings. The molecular formula is C14H15NO. The van der Waals surface area contributed by atoms with Crippen molar-refractivity contribution in [1.29, 1.82) is 0 Å². The van der Waals surface area contributed by atoms with Crippen molar-refractivity contribution in [3.8, 4) is 0 Å². The Morgan fingerprint density at radius 1 is 1.19 bits per heavy atom. The molecule has 1 amide bonds. The molecule has 0 aromatic heterocycles. The summed E-state index contributed by atoms with van der Waals surface area (Å²) in [6.45, 7) is 1.75. The Bertz CT molecular complexity index is 442. The smallest absolute Gasteiger partial charge is 0.209 e. The monoisotopic (exact) mass is 213 g/mol. The maximum Gasteiger partial charge on any atom is 0.209 e. The first-order chi connectivity index (χ1) is 7.84. The minimum absolute atomic E-state index is 0.204. The molecule has 0 radical (unpaired) electrons. The first kappa shape index (κ1) is 9.64. The second kappa shape index (κ2) is 3.48. The van der Waals surface area contributed by atoms with Gasteiger partial charge in [-0.1, -0.05) is 36.4 Å². The van der Waals surface area contributed by atoms with Crippen molar-refractivity contribution in [2.75, 3.05) is 13.1 Å². The highest BCUT2D eigenvalue weighted by Gasteiger charge is 2.37. The molecule has 0 unspecified atom stereocenters. The first-order valence-corrected chi connectivity index (χ1v) is 5.82. The molecule has 16 heavy (non-hydrogen) atoms. The van der Waals surface area contributed by atoms with Gasteiger partial charge in [0.2, 0.25) is 6.41 Å². The summed E-state index contributed by atoms with van der Waals surface area (Å²) < 4.78 is 0. The van der Waals surface area contributed by atoms with Gasteiger partial charge in [0.05, 0.1) is 0 Å². The molecule has 0 N–H and O–H groups in total. The molecule has 2 aliphatic rings. The number of carbonyl (C=O) groups excluding carboxylic acids is 1. The minimum atomic E-state index is 0.204. The topological polar surface area (TPSA) is 20.3 Å². The lowest BCUT2D eigenvalue weighted by atomic mass is 9.75. The van der Waals surface area contributed by atoms with Crippen LogP contribution in [0.2, 0.25) is 0 Å². The number of hydrogen-bond acceptors (Lipinski definition) is 1. The van der Waals surface area contributed by atoms with E-state index in [1.807, 2.05) is 4.90 Å². The summed E-state index contributed by atoms with van der Waals surface area (Å²) in [5.41, 5.74) is 3.00. The number of rotatable bonds is 1. The van der Waals surface area contributed by atoms with Crippen molar-refractivity contribution < 1.29 is 4.79 Å². The molecule has 1 aromatic rings. The molecule has 82 valence electrons. The zero-order valence-electron chi connectivity index (χ0n) is 9.23. The van der Waals surface area contributed by atoms with Crippen molar-refractivity contribution in [3.63, 3.8) is 0 Å². The van der Waals surface area contributed by atoms with Crippen LogP contribution < -0.4 is 0 Å². The maximum atomic E-state index is 10.7. The summed E-state index contributed by atoms with van der Waals surface area (Å²) >= 11 is 0. The summed E-state index contributed by atoms with van der Waals surface area (Å²) in [5, 5.41) is 0. The molecule has 3 rings (SSSR count). The fourth-order valence-electron chi connectivity index (χ4n) is 2.90. The van der Waals surface area contributed by atoms with Crippen LogP contribution >= 0.6 is 0 Å². The van der Waals surface area contributed by atoms with E-state index >= 15 is 0 Å². The molecule has 1 aliphatic carbocycles. The van der Waals surface area contributed by atoms with Crippen LogP contribution in [-0.4, -0.2) is 24.4 Å². The molecule has 1 spiro atoms. The van der Waals surface area contributed by atoms with Gasteiger partial charge < -0.3 is 4.90 Å². The number of likely N-dealkylation sites (tertiary alicyclic amines) is 1. The number of piperidine rings is 1. The summed E-state index contributed by atoms with van der Waals surface area (Å²) in [6.07, 6.45) is 7.64. The van der Waals surface area contributed by atoms with Gasteiger partial charge in [0.1, 0.15) is 0 Å². The van der Waals surface area contributed by atoms with E-state index in [0.717, 1.165) is 32.3 Å². The van der Waals surface area contributed by atoms with E-state index in [0.29, 0.717) is 0 Å². The Morgan fingerprint density at radius 2 is 1.94 bits per heavy atom. The molecule has 0 bridgehead atoms. The first-order valence-electron chi connectivity index (χ1n) is 5.82. The number of fused-ring (bicyclic) bond motifs is 2. The molecular weight excluding hydrogens is 198 g/mol. The maximum absolute atomic E-state index is 10.7. The molecule has 0 saturated carbocycles. The van der Waals surface area contributed by atoms with Gasteiger partial charge >= 0.3 is 0 Å². The SMILES string of the molecule is O=CN1CCC2(C=Cc3ccccc32)CC1. The largest absolute Gasteiger partial charge is 0.345 e. The van der Waals surface area contributed by atoms with Gasteiger partial charge in [-0.25, -0.2) is 0 Å². The Balaban J connectivity index is 1.92. The zero-order valence-corrected chi connectivity index (χ0v) is 9.23. The number of nitrogens with zero attached hydrogens (tertiary/aromatic N) is 1. The van der Waals surface area contributed by atoms with Crippen molar-refractivity contribution in [2.45, 2.75) is 18.3 Å². The standard InChI is InChI=1S/C14H15NO/c16-11-15-9-7-14(8-10-15)6-5-12-3-1-2-4-13(12)14/h1-6,11H,7-10H2. The van der Waals surface area contributed by atoms with Crippen molar-refractivity contribution >= 4 is 12.5 Å². The van der Waals surface area contributed by atoms with E-state index < -0.39 is 0 Å². The van der Waals surface area contributed by atoms with Gasteiger partial charge in [-0.3, -0.25) is 4.79 Å². The minimum Gasteiger partial charge on any atom is -0.345 e. The summed E-state index contributed by atoms with van der Waals surface area (Å²) in [5.74, 6) is 0. The van der Waals surface area contributed by atoms with E-state index in [2.05, 4.69) is 36.4 Å². The van der Waals surface area contributed by atoms with E-state index in [-0.39, 0.29) is 5.41 Å². The Kier molecular flexibility index (Phi) is 2.10. The van der Waals surface area contributed by atoms with Crippen LogP contribution in [-0.2, 0) is 10.2 Å². The highest BCUT2D eigenvalue weighted by Crippen LogP contribution is 2.43. The summed E-state index contributed by atoms with van der Waals surface area (Å²) in [7, 11) is 0. The zero-order chi connectivity index (χ0) is 11.0. The number of amides is 1. The van der Waals surface area contributed by atoms with E-state index in [1.54, 1.807) is 0 Å². The number of allylic oxidation sites excluding steroid dienone is 1. The Morgan fingerprint density at radius 3 is 2.69 bits per heavy atom. The van der Waals surface area contributed by atoms with Gasteiger partial charge in [0, 0.05) is 18.5 Å². The van der Waals surface area contributed by atoms with Crippen LogP contribution in [0.1, 0.15) is 24.0 Å². The average molecular weight is 213 g/mol. The fourth-order valence-corrected chi connectivity index (χ4v) is 2.90. The lowest BCUT2D eigenvalue weighted by Crippen LogP contribution is -2.40. The third-order valence-corrected chi connectivity index (χ3v) is 3.92. The quantitative estimate of drug-likeness (QED) is 0.655. The number of hydrogen-bond donors (Lipinski definition) is 0. The molecule has 1 aliphatic heterocycles. The Hall–Kier alpha value is -1.57. The van der Waals surface area contributed by atoms with Gasteiger partial charge in [-0.15, -0.1) is 0 Å². The van der Waals surface area contributed by atoms with Gasteiger partial charge in [-0.2, -0.15) is 0 Å². The van der Waals surface area contributed by atoms with Crippen molar-refractivity contribution in [2.24, 2.45) is 0 Å². The summed E-state index contributed by atoms with van der Waals surface area (Å²) in [4.78, 5) is 12.6. The van der Waals surface area contributed by atoms with Crippen LogP contribution in [0.15, 0.2) is 30.3 Å². The third kappa shape index (κ3) is 1.29. The molecule has 0 atom stereocenters. The third-order valence-electron chi connectivity index (χ3n) is 3.92. The molecule has 2 heteroatoms. The van der Waals surface area contributed by atoms with Crippen LogP contribution in [0, 0.1) is 0 Å². The average Bonchev–Trinajstić information content (AvgIpc) is 2.71. The fraction of sp³-hybridized carbons (Fsp3) is 0.357. The highest BCUT2D eigenvalue weighted by molar-refractivity contribution is 5.65. The van der Waals surface area contributed by atoms with Crippen LogP contribution in [0.25, 0.3) is 6.08 Å². The van der Waals surface area contributed by atoms with Crippen LogP contribution in [0.3, 0.4) is 0 Å². The van der Waals surface area contributed by atoms with Crippen molar-refractivity contribution in [3.05, 3.63) is 41.5 Å². The van der Waals surface area contributed by atoms with E-state index in [9.17, 15) is 4.79 Å². The van der Waals surface area contributed by atoms with E-state index in [4.69, 9.17) is 0 Å². The predicted octanol–water partition coefficient (Wildman–Crippen LogP) is 2.20. The Labute approximate surface area is 95.6 Å². The summed E-state index contributed by atoms with van der Waals surface area (Å²) in [6, 6.07) is 8.60. The van der Waals surface area contributed by atoms with Crippen molar-refractivity contribution in [1.82, 2.24) is 4.90 Å². The number of carbonyl (C=O) groups is 1. The molecule has 1 saturated heterocycles. The number of benzene rings is 1. The van der Waals surface area contributed by atoms with Gasteiger partial charge in [0.15, 0.2) is 0 Å². The van der Waals surface area contributed by atoms with Gasteiger partial charge in [-0.05, 0) is 24.0 Å². The predicted molar refractivity (Wildman–Crippen MR) is 64.0 cm³/mol. The molecule has 1 aromatic carbocycles. The van der Waals surface area contributed by atoms with Crippen LogP contribution in [0.5, 0.6) is 0 Å². The molecule has 2 nitrogen and oxygen atoms in total. The lowest BCUT2D eigenvalue weighted by Gasteiger charge is -2.37. The lowest BCUT2D eigenvalue weighted by molar-refractivity contribution is -0.119. The normalized spacial score (nSPS) is 21.1. The van der Waals surface area contributed by atoms with Crippen LogP contribution in [0.4, 0.5) is 0 Å². The van der Waals surface area contributed by atoms with E-state index in [1.165, 1.54) is 11.1 Å². The second-order valence-corrected chi connectivity index (χ2v) is 4.72. The highest BCUT2D eigenvalue weighted by atomic mass is 16.1. The second-order valence-electron chi connectivity index (χ2n) is 4.72. The van der Waals surface area contributed by atoms with Gasteiger partial charge in [0.25, 0.3) is 0 Å². The molecule has 1 heterocycles.